The Morgan fingerprint density at radius 3 is 2.90 bits per heavy atom. The average Bonchev–Trinajstić information content (AvgIpc) is 2.50. The number of hydrogen-bond acceptors (Lipinski definition) is 4. The fourth-order valence-corrected chi connectivity index (χ4v) is 2.19. The molecule has 0 saturated heterocycles. The first-order valence-electron chi connectivity index (χ1n) is 6.91. The van der Waals surface area contributed by atoms with Crippen LogP contribution < -0.4 is 16.0 Å². The molecule has 0 aliphatic rings. The molecule has 106 valence electrons. The van der Waals surface area contributed by atoms with Crippen molar-refractivity contribution in [1.29, 1.82) is 0 Å². The summed E-state index contributed by atoms with van der Waals surface area (Å²) in [6.45, 7) is 2.65. The first kappa shape index (κ1) is 14.5. The Hall–Kier alpha value is -1.91. The van der Waals surface area contributed by atoms with Crippen LogP contribution in [0.2, 0.25) is 0 Å². The maximum absolute atomic E-state index is 5.69. The van der Waals surface area contributed by atoms with Gasteiger partial charge in [0.05, 0.1) is 6.61 Å². The third-order valence-electron chi connectivity index (χ3n) is 3.22. The van der Waals surface area contributed by atoms with Gasteiger partial charge in [0, 0.05) is 18.4 Å². The monoisotopic (exact) mass is 271 g/mol. The highest BCUT2D eigenvalue weighted by molar-refractivity contribution is 5.30. The van der Waals surface area contributed by atoms with E-state index in [1.54, 1.807) is 6.20 Å². The Morgan fingerprint density at radius 2 is 2.20 bits per heavy atom. The molecule has 20 heavy (non-hydrogen) atoms. The van der Waals surface area contributed by atoms with Crippen molar-refractivity contribution in [3.05, 3.63) is 59.9 Å². The largest absolute Gasteiger partial charge is 0.494 e. The van der Waals surface area contributed by atoms with Crippen molar-refractivity contribution in [3.63, 3.8) is 0 Å². The van der Waals surface area contributed by atoms with Crippen molar-refractivity contribution in [1.82, 2.24) is 10.4 Å². The molecule has 0 bridgehead atoms. The van der Waals surface area contributed by atoms with E-state index in [1.807, 2.05) is 37.4 Å². The van der Waals surface area contributed by atoms with Gasteiger partial charge >= 0.3 is 0 Å². The third kappa shape index (κ3) is 4.05. The van der Waals surface area contributed by atoms with E-state index in [2.05, 4.69) is 22.5 Å². The minimum Gasteiger partial charge on any atom is -0.494 e. The molecule has 2 rings (SSSR count). The molecule has 0 spiro atoms. The molecule has 4 heteroatoms. The van der Waals surface area contributed by atoms with Crippen LogP contribution in [0.4, 0.5) is 0 Å². The first-order valence-corrected chi connectivity index (χ1v) is 6.91. The van der Waals surface area contributed by atoms with Gasteiger partial charge in [-0.25, -0.2) is 0 Å². The van der Waals surface area contributed by atoms with Gasteiger partial charge in [-0.2, -0.15) is 0 Å². The van der Waals surface area contributed by atoms with Crippen molar-refractivity contribution in [3.8, 4) is 5.75 Å². The smallest absolute Gasteiger partial charge is 0.119 e. The van der Waals surface area contributed by atoms with E-state index in [4.69, 9.17) is 10.6 Å². The molecule has 0 amide bonds. The molecule has 1 heterocycles. The van der Waals surface area contributed by atoms with E-state index in [1.165, 1.54) is 5.56 Å². The van der Waals surface area contributed by atoms with E-state index in [0.717, 1.165) is 24.2 Å². The molecule has 2 aromatic rings. The summed E-state index contributed by atoms with van der Waals surface area (Å²) in [7, 11) is 0. The number of aryl methyl sites for hydroxylation is 1. The molecule has 1 aromatic heterocycles. The highest BCUT2D eigenvalue weighted by Crippen LogP contribution is 2.22. The lowest BCUT2D eigenvalue weighted by Gasteiger charge is -2.17. The lowest BCUT2D eigenvalue weighted by atomic mass is 10.00. The number of aromatic nitrogens is 1. The number of hydrogen-bond donors (Lipinski definition) is 2. The van der Waals surface area contributed by atoms with Crippen molar-refractivity contribution in [2.45, 2.75) is 25.8 Å². The van der Waals surface area contributed by atoms with Crippen LogP contribution in [0.15, 0.2) is 48.8 Å². The second-order valence-electron chi connectivity index (χ2n) is 4.62. The predicted octanol–water partition coefficient (Wildman–Crippen LogP) is 2.62. The third-order valence-corrected chi connectivity index (χ3v) is 3.22. The van der Waals surface area contributed by atoms with E-state index >= 15 is 0 Å². The summed E-state index contributed by atoms with van der Waals surface area (Å²) in [6.07, 6.45) is 5.53. The SMILES string of the molecule is CCOc1cccc(C(CCc2cccnc2)NN)c1. The van der Waals surface area contributed by atoms with Crippen LogP contribution in [0.5, 0.6) is 5.75 Å². The maximum Gasteiger partial charge on any atom is 0.119 e. The summed E-state index contributed by atoms with van der Waals surface area (Å²) in [4.78, 5) is 4.13. The first-order chi connectivity index (χ1) is 9.83. The lowest BCUT2D eigenvalue weighted by molar-refractivity contribution is 0.339. The van der Waals surface area contributed by atoms with Gasteiger partial charge in [-0.15, -0.1) is 0 Å². The van der Waals surface area contributed by atoms with Gasteiger partial charge in [0.2, 0.25) is 0 Å². The van der Waals surface area contributed by atoms with Gasteiger partial charge < -0.3 is 4.74 Å². The van der Waals surface area contributed by atoms with Gasteiger partial charge in [-0.05, 0) is 49.1 Å². The Bertz CT molecular complexity index is 516. The number of rotatable bonds is 7. The van der Waals surface area contributed by atoms with Crippen LogP contribution in [0.1, 0.15) is 30.5 Å². The summed E-state index contributed by atoms with van der Waals surface area (Å²) in [5, 5.41) is 0. The van der Waals surface area contributed by atoms with Crippen molar-refractivity contribution in [2.75, 3.05) is 6.61 Å². The molecule has 3 N–H and O–H groups in total. The molecule has 0 aliphatic heterocycles. The minimum atomic E-state index is 0.107. The molecular weight excluding hydrogens is 250 g/mol. The zero-order chi connectivity index (χ0) is 14.2. The molecular formula is C16H21N3O. The Kier molecular flexibility index (Phi) is 5.53. The molecule has 0 saturated carbocycles. The Labute approximate surface area is 120 Å². The number of nitrogens with zero attached hydrogens (tertiary/aromatic N) is 1. The van der Waals surface area contributed by atoms with Gasteiger partial charge in [-0.3, -0.25) is 16.3 Å². The van der Waals surface area contributed by atoms with Crippen LogP contribution in [0.3, 0.4) is 0 Å². The zero-order valence-corrected chi connectivity index (χ0v) is 11.8. The highest BCUT2D eigenvalue weighted by atomic mass is 16.5. The van der Waals surface area contributed by atoms with E-state index < -0.39 is 0 Å². The fourth-order valence-electron chi connectivity index (χ4n) is 2.19. The minimum absolute atomic E-state index is 0.107. The number of ether oxygens (including phenoxy) is 1. The summed E-state index contributed by atoms with van der Waals surface area (Å²) in [5.74, 6) is 6.57. The van der Waals surface area contributed by atoms with Crippen LogP contribution in [0, 0.1) is 0 Å². The Morgan fingerprint density at radius 1 is 1.30 bits per heavy atom. The summed E-state index contributed by atoms with van der Waals surface area (Å²) in [5.41, 5.74) is 5.24. The van der Waals surface area contributed by atoms with Gasteiger partial charge in [0.15, 0.2) is 0 Å². The summed E-state index contributed by atoms with van der Waals surface area (Å²) in [6, 6.07) is 12.2. The van der Waals surface area contributed by atoms with Crippen molar-refractivity contribution >= 4 is 0 Å². The summed E-state index contributed by atoms with van der Waals surface area (Å²) >= 11 is 0. The fraction of sp³-hybridized carbons (Fsp3) is 0.312. The second-order valence-corrected chi connectivity index (χ2v) is 4.62. The van der Waals surface area contributed by atoms with Crippen LogP contribution >= 0.6 is 0 Å². The van der Waals surface area contributed by atoms with Crippen LogP contribution in [0.25, 0.3) is 0 Å². The quantitative estimate of drug-likeness (QED) is 0.600. The molecule has 1 aromatic carbocycles. The van der Waals surface area contributed by atoms with Gasteiger partial charge in [-0.1, -0.05) is 18.2 Å². The number of benzene rings is 1. The number of hydrazine groups is 1. The van der Waals surface area contributed by atoms with Gasteiger partial charge in [0.25, 0.3) is 0 Å². The lowest BCUT2D eigenvalue weighted by Crippen LogP contribution is -2.28. The summed E-state index contributed by atoms with van der Waals surface area (Å²) < 4.78 is 5.53. The normalized spacial score (nSPS) is 12.1. The average molecular weight is 271 g/mol. The molecule has 0 radical (unpaired) electrons. The van der Waals surface area contributed by atoms with Crippen molar-refractivity contribution in [2.24, 2.45) is 5.84 Å². The second kappa shape index (κ2) is 7.62. The highest BCUT2D eigenvalue weighted by Gasteiger charge is 2.10. The van der Waals surface area contributed by atoms with Crippen molar-refractivity contribution < 1.29 is 4.74 Å². The predicted molar refractivity (Wildman–Crippen MR) is 80.2 cm³/mol. The Balaban J connectivity index is 2.02. The van der Waals surface area contributed by atoms with E-state index in [9.17, 15) is 0 Å². The molecule has 1 unspecified atom stereocenters. The maximum atomic E-state index is 5.69. The molecule has 0 aliphatic carbocycles. The van der Waals surface area contributed by atoms with Crippen LogP contribution in [-0.4, -0.2) is 11.6 Å². The number of pyridine rings is 1. The standard InChI is InChI=1S/C16H21N3O/c1-2-20-15-7-3-6-14(11-15)16(19-17)9-8-13-5-4-10-18-12-13/h3-7,10-12,16,19H,2,8-9,17H2,1H3. The van der Waals surface area contributed by atoms with E-state index in [-0.39, 0.29) is 6.04 Å². The van der Waals surface area contributed by atoms with E-state index in [0.29, 0.717) is 6.61 Å². The zero-order valence-electron chi connectivity index (χ0n) is 11.8. The number of nitrogens with two attached hydrogens (primary N) is 1. The number of nitrogens with one attached hydrogen (secondary N) is 1. The molecule has 1 atom stereocenters. The molecule has 0 fully saturated rings. The van der Waals surface area contributed by atoms with Gasteiger partial charge in [0.1, 0.15) is 5.75 Å². The van der Waals surface area contributed by atoms with Crippen LogP contribution in [-0.2, 0) is 6.42 Å². The topological polar surface area (TPSA) is 60.2 Å². The molecule has 4 nitrogen and oxygen atoms in total.